The molecule has 0 fully saturated rings. The summed E-state index contributed by atoms with van der Waals surface area (Å²) in [6, 6.07) is 13.4. The van der Waals surface area contributed by atoms with E-state index in [0.717, 1.165) is 16.8 Å². The zero-order valence-corrected chi connectivity index (χ0v) is 16.0. The van der Waals surface area contributed by atoms with E-state index >= 15 is 0 Å². The zero-order valence-electron chi connectivity index (χ0n) is 15.2. The number of hydrogen-bond acceptors (Lipinski definition) is 6. The van der Waals surface area contributed by atoms with Crippen LogP contribution in [0, 0.1) is 0 Å². The van der Waals surface area contributed by atoms with Crippen molar-refractivity contribution in [1.29, 1.82) is 0 Å². The van der Waals surface area contributed by atoms with Crippen LogP contribution in [0.15, 0.2) is 53.9 Å². The number of hydrogen-bond donors (Lipinski definition) is 1. The van der Waals surface area contributed by atoms with Crippen LogP contribution in [-0.2, 0) is 4.79 Å². The number of ether oxygens (including phenoxy) is 3. The van der Waals surface area contributed by atoms with Crippen LogP contribution in [0.1, 0.15) is 5.56 Å². The Morgan fingerprint density at radius 1 is 1.21 bits per heavy atom. The summed E-state index contributed by atoms with van der Waals surface area (Å²) in [6.45, 7) is 0.970. The predicted molar refractivity (Wildman–Crippen MR) is 109 cm³/mol. The van der Waals surface area contributed by atoms with E-state index in [9.17, 15) is 4.79 Å². The second kappa shape index (κ2) is 8.14. The monoisotopic (exact) mass is 394 g/mol. The molecule has 0 atom stereocenters. The Balaban J connectivity index is 1.45. The molecule has 1 aliphatic rings. The van der Waals surface area contributed by atoms with E-state index in [2.05, 4.69) is 10.3 Å². The highest BCUT2D eigenvalue weighted by molar-refractivity contribution is 7.14. The number of amides is 1. The zero-order chi connectivity index (χ0) is 19.3. The first kappa shape index (κ1) is 18.1. The fourth-order valence-electron chi connectivity index (χ4n) is 2.78. The fourth-order valence-corrected chi connectivity index (χ4v) is 3.50. The third-order valence-corrected chi connectivity index (χ3v) is 4.84. The average molecular weight is 394 g/mol. The third kappa shape index (κ3) is 3.99. The number of nitrogens with zero attached hydrogens (tertiary/aromatic N) is 1. The summed E-state index contributed by atoms with van der Waals surface area (Å²) in [6.07, 6.45) is 3.15. The van der Waals surface area contributed by atoms with Crippen molar-refractivity contribution in [2.45, 2.75) is 0 Å². The molecule has 28 heavy (non-hydrogen) atoms. The highest BCUT2D eigenvalue weighted by Gasteiger charge is 2.17. The maximum Gasteiger partial charge on any atom is 0.250 e. The number of fused-ring (bicyclic) bond motifs is 1. The molecule has 0 saturated heterocycles. The van der Waals surface area contributed by atoms with Gasteiger partial charge >= 0.3 is 0 Å². The summed E-state index contributed by atoms with van der Waals surface area (Å²) in [5.41, 5.74) is 2.62. The molecule has 1 aliphatic heterocycles. The van der Waals surface area contributed by atoms with Gasteiger partial charge in [-0.05, 0) is 23.8 Å². The minimum Gasteiger partial charge on any atom is -0.493 e. The summed E-state index contributed by atoms with van der Waals surface area (Å²) < 4.78 is 16.5. The van der Waals surface area contributed by atoms with Crippen LogP contribution in [0.5, 0.6) is 17.2 Å². The van der Waals surface area contributed by atoms with E-state index in [-0.39, 0.29) is 5.91 Å². The Morgan fingerprint density at radius 3 is 2.86 bits per heavy atom. The lowest BCUT2D eigenvalue weighted by molar-refractivity contribution is -0.111. The number of aromatic nitrogens is 1. The van der Waals surface area contributed by atoms with E-state index in [1.807, 2.05) is 41.8 Å². The molecular formula is C21H18N2O4S. The number of benzene rings is 2. The number of carbonyl (C=O) groups is 1. The Morgan fingerprint density at radius 2 is 2.04 bits per heavy atom. The molecule has 0 bridgehead atoms. The van der Waals surface area contributed by atoms with Crippen molar-refractivity contribution in [2.24, 2.45) is 0 Å². The van der Waals surface area contributed by atoms with Crippen LogP contribution >= 0.6 is 11.3 Å². The Hall–Kier alpha value is -3.32. The molecule has 1 aromatic heterocycles. The molecule has 2 aromatic carbocycles. The summed E-state index contributed by atoms with van der Waals surface area (Å²) in [7, 11) is 1.57. The van der Waals surface area contributed by atoms with Crippen molar-refractivity contribution in [1.82, 2.24) is 4.98 Å². The van der Waals surface area contributed by atoms with E-state index < -0.39 is 0 Å². The van der Waals surface area contributed by atoms with E-state index in [1.54, 1.807) is 19.3 Å². The number of thiazole rings is 1. The summed E-state index contributed by atoms with van der Waals surface area (Å²) in [4.78, 5) is 16.7. The molecule has 4 rings (SSSR count). The van der Waals surface area contributed by atoms with Crippen molar-refractivity contribution in [3.63, 3.8) is 0 Å². The van der Waals surface area contributed by atoms with Gasteiger partial charge in [0.2, 0.25) is 11.7 Å². The lowest BCUT2D eigenvalue weighted by Gasteiger charge is -2.20. The maximum atomic E-state index is 12.3. The van der Waals surface area contributed by atoms with Crippen molar-refractivity contribution in [3.8, 4) is 28.5 Å². The van der Waals surface area contributed by atoms with Gasteiger partial charge in [-0.1, -0.05) is 30.3 Å². The molecule has 0 unspecified atom stereocenters. The number of methoxy groups -OCH3 is 1. The van der Waals surface area contributed by atoms with E-state index in [0.29, 0.717) is 35.6 Å². The maximum absolute atomic E-state index is 12.3. The van der Waals surface area contributed by atoms with Crippen LogP contribution < -0.4 is 19.5 Å². The first-order valence-electron chi connectivity index (χ1n) is 8.70. The first-order chi connectivity index (χ1) is 13.7. The van der Waals surface area contributed by atoms with Gasteiger partial charge in [0.25, 0.3) is 0 Å². The van der Waals surface area contributed by atoms with Gasteiger partial charge in [-0.2, -0.15) is 0 Å². The number of rotatable bonds is 5. The molecule has 3 aromatic rings. The topological polar surface area (TPSA) is 69.7 Å². The van der Waals surface area contributed by atoms with Crippen LogP contribution in [0.25, 0.3) is 17.3 Å². The number of nitrogens with one attached hydrogen (secondary N) is 1. The first-order valence-corrected chi connectivity index (χ1v) is 9.58. The molecule has 1 N–H and O–H groups in total. The molecule has 0 aliphatic carbocycles. The smallest absolute Gasteiger partial charge is 0.250 e. The van der Waals surface area contributed by atoms with Gasteiger partial charge in [-0.3, -0.25) is 10.1 Å². The second-order valence-electron chi connectivity index (χ2n) is 5.97. The lowest BCUT2D eigenvalue weighted by atomic mass is 10.1. The van der Waals surface area contributed by atoms with Crippen LogP contribution in [0.2, 0.25) is 0 Å². The van der Waals surface area contributed by atoms with Gasteiger partial charge in [-0.15, -0.1) is 11.3 Å². The average Bonchev–Trinajstić information content (AvgIpc) is 3.20. The van der Waals surface area contributed by atoms with E-state index in [4.69, 9.17) is 14.2 Å². The van der Waals surface area contributed by atoms with E-state index in [1.165, 1.54) is 17.4 Å². The fraction of sp³-hybridized carbons (Fsp3) is 0.143. The SMILES string of the molecule is COc1cc(/C=C/C(=O)Nc2nc(-c3ccccc3)cs2)cc2c1OCCO2. The van der Waals surface area contributed by atoms with Crippen molar-refractivity contribution < 1.29 is 19.0 Å². The van der Waals surface area contributed by atoms with Crippen LogP contribution in [0.4, 0.5) is 5.13 Å². The normalized spacial score (nSPS) is 12.8. The van der Waals surface area contributed by atoms with Crippen LogP contribution in [0.3, 0.4) is 0 Å². The molecule has 2 heterocycles. The minimum absolute atomic E-state index is 0.261. The number of carbonyl (C=O) groups excluding carboxylic acids is 1. The molecule has 6 nitrogen and oxygen atoms in total. The molecule has 0 radical (unpaired) electrons. The quantitative estimate of drug-likeness (QED) is 0.656. The highest BCUT2D eigenvalue weighted by atomic mass is 32.1. The summed E-state index contributed by atoms with van der Waals surface area (Å²) in [5, 5.41) is 5.25. The van der Waals surface area contributed by atoms with Crippen LogP contribution in [-0.4, -0.2) is 31.2 Å². The predicted octanol–water partition coefficient (Wildman–Crippen LogP) is 4.24. The molecule has 0 saturated carbocycles. The van der Waals surface area contributed by atoms with Gasteiger partial charge in [0, 0.05) is 17.0 Å². The lowest BCUT2D eigenvalue weighted by Crippen LogP contribution is -2.16. The number of anilines is 1. The Bertz CT molecular complexity index is 997. The van der Waals surface area contributed by atoms with Gasteiger partial charge in [0.15, 0.2) is 16.6 Å². The second-order valence-corrected chi connectivity index (χ2v) is 6.83. The third-order valence-electron chi connectivity index (χ3n) is 4.08. The summed E-state index contributed by atoms with van der Waals surface area (Å²) >= 11 is 1.39. The Labute approximate surface area is 166 Å². The molecule has 1 amide bonds. The van der Waals surface area contributed by atoms with Crippen molar-refractivity contribution in [2.75, 3.05) is 25.6 Å². The standard InChI is InChI=1S/C21H18N2O4S/c1-25-17-11-14(12-18-20(17)27-10-9-26-18)7-8-19(24)23-21-22-16(13-28-21)15-5-3-2-4-6-15/h2-8,11-13H,9-10H2,1H3,(H,22,23,24)/b8-7+. The molecule has 7 heteroatoms. The summed E-state index contributed by atoms with van der Waals surface area (Å²) in [5.74, 6) is 1.51. The molecular weight excluding hydrogens is 376 g/mol. The van der Waals surface area contributed by atoms with Gasteiger partial charge in [-0.25, -0.2) is 4.98 Å². The Kier molecular flexibility index (Phi) is 5.25. The van der Waals surface area contributed by atoms with Gasteiger partial charge < -0.3 is 14.2 Å². The van der Waals surface area contributed by atoms with Crippen molar-refractivity contribution >= 4 is 28.5 Å². The van der Waals surface area contributed by atoms with Gasteiger partial charge in [0.05, 0.1) is 12.8 Å². The van der Waals surface area contributed by atoms with Gasteiger partial charge in [0.1, 0.15) is 13.2 Å². The van der Waals surface area contributed by atoms with Crippen molar-refractivity contribution in [3.05, 3.63) is 59.5 Å². The highest BCUT2D eigenvalue weighted by Crippen LogP contribution is 2.40. The molecule has 0 spiro atoms. The largest absolute Gasteiger partial charge is 0.493 e. The minimum atomic E-state index is -0.261. The molecule has 142 valence electrons.